The van der Waals surface area contributed by atoms with Gasteiger partial charge in [-0.2, -0.15) is 13.2 Å². The zero-order valence-corrected chi connectivity index (χ0v) is 24.0. The largest absolute Gasteiger partial charge is 0.507 e. The van der Waals surface area contributed by atoms with Gasteiger partial charge in [0.2, 0.25) is 0 Å². The summed E-state index contributed by atoms with van der Waals surface area (Å²) in [4.78, 5) is 8.03. The summed E-state index contributed by atoms with van der Waals surface area (Å²) in [5.74, 6) is 1.52. The van der Waals surface area contributed by atoms with E-state index in [-0.39, 0.29) is 34.2 Å². The molecule has 0 radical (unpaired) electrons. The molecular formula is C32H25F3N4O6. The van der Waals surface area contributed by atoms with Crippen LogP contribution >= 0.6 is 0 Å². The minimum Gasteiger partial charge on any atom is -0.507 e. The fourth-order valence-corrected chi connectivity index (χ4v) is 4.30. The van der Waals surface area contributed by atoms with Crippen LogP contribution in [0.5, 0.6) is 23.0 Å². The number of pyridine rings is 2. The Morgan fingerprint density at radius 3 is 1.64 bits per heavy atom. The predicted octanol–water partition coefficient (Wildman–Crippen LogP) is 7.56. The van der Waals surface area contributed by atoms with E-state index in [4.69, 9.17) is 18.5 Å². The molecule has 0 saturated carbocycles. The van der Waals surface area contributed by atoms with E-state index in [1.165, 1.54) is 37.6 Å². The highest BCUT2D eigenvalue weighted by atomic mass is 19.4. The first kappa shape index (κ1) is 30.6. The Morgan fingerprint density at radius 2 is 1.16 bits per heavy atom. The maximum Gasteiger partial charge on any atom is 0.418 e. The summed E-state index contributed by atoms with van der Waals surface area (Å²) in [5.41, 5.74) is 1.96. The van der Waals surface area contributed by atoms with Gasteiger partial charge in [-0.3, -0.25) is 9.97 Å². The molecule has 6 rings (SSSR count). The van der Waals surface area contributed by atoms with Gasteiger partial charge in [0.1, 0.15) is 45.8 Å². The van der Waals surface area contributed by atoms with Crippen molar-refractivity contribution in [3.05, 3.63) is 96.3 Å². The van der Waals surface area contributed by atoms with Crippen molar-refractivity contribution in [2.45, 2.75) is 13.1 Å². The molecule has 0 unspecified atom stereocenters. The number of rotatable bonds is 6. The number of phenols is 2. The van der Waals surface area contributed by atoms with Crippen LogP contribution in [0.4, 0.5) is 13.2 Å². The molecule has 13 heteroatoms. The van der Waals surface area contributed by atoms with Gasteiger partial charge in [-0.25, -0.2) is 0 Å². The van der Waals surface area contributed by atoms with Gasteiger partial charge in [-0.15, -0.1) is 0 Å². The number of benzene rings is 2. The van der Waals surface area contributed by atoms with Gasteiger partial charge in [-0.1, -0.05) is 16.4 Å². The summed E-state index contributed by atoms with van der Waals surface area (Å²) in [7, 11) is 3.02. The van der Waals surface area contributed by atoms with Crippen LogP contribution in [0.3, 0.4) is 0 Å². The molecule has 45 heavy (non-hydrogen) atoms. The van der Waals surface area contributed by atoms with E-state index < -0.39 is 11.7 Å². The van der Waals surface area contributed by atoms with Crippen molar-refractivity contribution >= 4 is 0 Å². The second-order valence-corrected chi connectivity index (χ2v) is 9.49. The van der Waals surface area contributed by atoms with Gasteiger partial charge in [0.25, 0.3) is 0 Å². The van der Waals surface area contributed by atoms with Gasteiger partial charge in [-0.05, 0) is 67.1 Å². The average molecular weight is 619 g/mol. The molecule has 4 aromatic heterocycles. The van der Waals surface area contributed by atoms with Crippen LogP contribution in [0.25, 0.3) is 45.4 Å². The molecule has 0 fully saturated rings. The molecular weight excluding hydrogens is 593 g/mol. The van der Waals surface area contributed by atoms with Crippen LogP contribution < -0.4 is 9.47 Å². The van der Waals surface area contributed by atoms with E-state index in [0.29, 0.717) is 28.5 Å². The molecule has 0 saturated heterocycles. The highest BCUT2D eigenvalue weighted by Gasteiger charge is 2.35. The Kier molecular flexibility index (Phi) is 8.70. The fourth-order valence-electron chi connectivity index (χ4n) is 4.30. The Bertz CT molecular complexity index is 1940. The molecule has 230 valence electrons. The molecule has 2 N–H and O–H groups in total. The van der Waals surface area contributed by atoms with Crippen LogP contribution in [-0.2, 0) is 6.18 Å². The molecule has 0 aliphatic heterocycles. The molecule has 6 aromatic rings. The van der Waals surface area contributed by atoms with E-state index in [2.05, 4.69) is 20.3 Å². The summed E-state index contributed by atoms with van der Waals surface area (Å²) in [6, 6.07) is 18.4. The lowest BCUT2D eigenvalue weighted by atomic mass is 10.1. The highest BCUT2D eigenvalue weighted by molar-refractivity contribution is 5.73. The number of hydrogen-bond acceptors (Lipinski definition) is 10. The molecule has 0 bridgehead atoms. The van der Waals surface area contributed by atoms with E-state index >= 15 is 0 Å². The monoisotopic (exact) mass is 618 g/mol. The summed E-state index contributed by atoms with van der Waals surface area (Å²) >= 11 is 0. The van der Waals surface area contributed by atoms with Gasteiger partial charge in [0.05, 0.1) is 19.8 Å². The zero-order chi connectivity index (χ0) is 32.1. The molecule has 0 aliphatic carbocycles. The van der Waals surface area contributed by atoms with E-state index in [0.717, 1.165) is 17.3 Å². The van der Waals surface area contributed by atoms with Crippen LogP contribution in [0.2, 0.25) is 0 Å². The summed E-state index contributed by atoms with van der Waals surface area (Å²) in [6.45, 7) is 1.95. The van der Waals surface area contributed by atoms with Crippen molar-refractivity contribution in [3.63, 3.8) is 0 Å². The standard InChI is InChI=1S/C16H11F3N2O3.C16H14N2O3/c1-23-9-4-5-13(22)10(7-9)12-8-14(24-21-12)15-11(16(17,18)19)3-2-6-20-15;1-10-4-3-7-17-16(10)15-9-13(18-21-15)12-8-11(20-2)5-6-14(12)19/h2-8,22H,1H3;3-9,19H,1-2H3. The predicted molar refractivity (Wildman–Crippen MR) is 157 cm³/mol. The van der Waals surface area contributed by atoms with Gasteiger partial charge in [0.15, 0.2) is 11.5 Å². The molecule has 2 aromatic carbocycles. The fraction of sp³-hybridized carbons (Fsp3) is 0.125. The van der Waals surface area contributed by atoms with Crippen LogP contribution in [0.1, 0.15) is 11.1 Å². The smallest absolute Gasteiger partial charge is 0.418 e. The maximum atomic E-state index is 13.1. The molecule has 10 nitrogen and oxygen atoms in total. The lowest BCUT2D eigenvalue weighted by Gasteiger charge is -2.08. The van der Waals surface area contributed by atoms with Crippen molar-refractivity contribution in [1.29, 1.82) is 0 Å². The maximum absolute atomic E-state index is 13.1. The number of ether oxygens (including phenoxy) is 2. The highest BCUT2D eigenvalue weighted by Crippen LogP contribution is 2.39. The SMILES string of the molecule is COc1ccc(O)c(-c2cc(-c3ncccc3C(F)(F)F)on2)c1.COc1ccc(O)c(-c2cc(-c3ncccc3C)on2)c1. The quantitative estimate of drug-likeness (QED) is 0.192. The van der Waals surface area contributed by atoms with Crippen molar-refractivity contribution in [3.8, 4) is 68.4 Å². The number of halogens is 3. The third-order valence-corrected chi connectivity index (χ3v) is 6.57. The Morgan fingerprint density at radius 1 is 0.667 bits per heavy atom. The minimum atomic E-state index is -4.57. The van der Waals surface area contributed by atoms with E-state index in [1.54, 1.807) is 43.6 Å². The number of methoxy groups -OCH3 is 2. The Hall–Kier alpha value is -5.85. The van der Waals surface area contributed by atoms with E-state index in [9.17, 15) is 23.4 Å². The first-order valence-corrected chi connectivity index (χ1v) is 13.2. The van der Waals surface area contributed by atoms with Crippen molar-refractivity contribution in [2.24, 2.45) is 0 Å². The number of phenolic OH excluding ortho intramolecular Hbond substituents is 2. The van der Waals surface area contributed by atoms with Crippen LogP contribution in [-0.4, -0.2) is 44.7 Å². The average Bonchev–Trinajstić information content (AvgIpc) is 3.73. The van der Waals surface area contributed by atoms with Crippen molar-refractivity contribution < 1.29 is 41.9 Å². The molecule has 0 spiro atoms. The van der Waals surface area contributed by atoms with Gasteiger partial charge >= 0.3 is 6.18 Å². The molecule has 0 aliphatic rings. The van der Waals surface area contributed by atoms with Crippen molar-refractivity contribution in [1.82, 2.24) is 20.3 Å². The zero-order valence-electron chi connectivity index (χ0n) is 24.0. The number of aryl methyl sites for hydroxylation is 1. The van der Waals surface area contributed by atoms with Crippen LogP contribution in [0, 0.1) is 6.92 Å². The van der Waals surface area contributed by atoms with Crippen LogP contribution in [0.15, 0.2) is 94.2 Å². The number of hydrogen-bond donors (Lipinski definition) is 2. The normalized spacial score (nSPS) is 11.1. The number of aromatic nitrogens is 4. The minimum absolute atomic E-state index is 0.104. The first-order chi connectivity index (χ1) is 21.6. The summed E-state index contributed by atoms with van der Waals surface area (Å²) in [5, 5.41) is 27.6. The molecule has 0 amide bonds. The first-order valence-electron chi connectivity index (χ1n) is 13.2. The molecule has 4 heterocycles. The lowest BCUT2D eigenvalue weighted by Crippen LogP contribution is -2.07. The van der Waals surface area contributed by atoms with Crippen molar-refractivity contribution in [2.75, 3.05) is 14.2 Å². The van der Waals surface area contributed by atoms with Gasteiger partial charge < -0.3 is 28.7 Å². The number of nitrogens with zero attached hydrogens (tertiary/aromatic N) is 4. The number of aromatic hydroxyl groups is 2. The Balaban J connectivity index is 0.000000179. The second-order valence-electron chi connectivity index (χ2n) is 9.49. The Labute approximate surface area is 254 Å². The van der Waals surface area contributed by atoms with E-state index in [1.807, 2.05) is 19.1 Å². The summed E-state index contributed by atoms with van der Waals surface area (Å²) in [6.07, 6.45) is -1.64. The lowest BCUT2D eigenvalue weighted by molar-refractivity contribution is -0.137. The third kappa shape index (κ3) is 6.72. The number of alkyl halides is 3. The third-order valence-electron chi connectivity index (χ3n) is 6.57. The van der Waals surface area contributed by atoms with Gasteiger partial charge in [0, 0.05) is 35.7 Å². The summed E-state index contributed by atoms with van der Waals surface area (Å²) < 4.78 is 59.8. The second kappa shape index (κ2) is 12.8. The molecule has 0 atom stereocenters. The topological polar surface area (TPSA) is 137 Å².